The molecule has 1 aliphatic rings. The molecule has 1 heterocycles. The van der Waals surface area contributed by atoms with Crippen molar-refractivity contribution in [1.29, 1.82) is 0 Å². The van der Waals surface area contributed by atoms with Crippen molar-refractivity contribution in [3.05, 3.63) is 54.3 Å². The predicted molar refractivity (Wildman–Crippen MR) is 91.3 cm³/mol. The zero-order chi connectivity index (χ0) is 19.5. The van der Waals surface area contributed by atoms with Crippen LogP contribution in [0.2, 0.25) is 0 Å². The highest BCUT2D eigenvalue weighted by atomic mass is 32.2. The molecule has 0 radical (unpaired) electrons. The second-order valence-corrected chi connectivity index (χ2v) is 7.64. The number of hydrogen-bond acceptors (Lipinski definition) is 6. The Labute approximate surface area is 154 Å². The molecule has 0 unspecified atom stereocenters. The minimum Gasteiger partial charge on any atom is -0.457 e. The number of sulfonamides is 1. The number of carbonyl (C=O) groups excluding carboxylic acids is 1. The van der Waals surface area contributed by atoms with Gasteiger partial charge in [0.1, 0.15) is 22.9 Å². The zero-order valence-electron chi connectivity index (χ0n) is 14.0. The maximum atomic E-state index is 12.9. The van der Waals surface area contributed by atoms with E-state index in [2.05, 4.69) is 4.72 Å². The van der Waals surface area contributed by atoms with Crippen LogP contribution < -0.4 is 14.9 Å². The first-order valence-corrected chi connectivity index (χ1v) is 9.43. The Kier molecular flexibility index (Phi) is 5.42. The molecule has 1 aliphatic heterocycles. The van der Waals surface area contributed by atoms with Gasteiger partial charge in [-0.15, -0.1) is 0 Å². The van der Waals surface area contributed by atoms with Crippen LogP contribution in [0.1, 0.15) is 6.42 Å². The van der Waals surface area contributed by atoms with E-state index in [1.165, 1.54) is 54.0 Å². The first-order valence-electron chi connectivity index (χ1n) is 7.94. The molecule has 0 aromatic heterocycles. The Hall–Kier alpha value is -2.53. The van der Waals surface area contributed by atoms with Gasteiger partial charge in [0, 0.05) is 13.0 Å². The maximum absolute atomic E-state index is 12.9. The van der Waals surface area contributed by atoms with Crippen molar-refractivity contribution in [3.8, 4) is 11.5 Å². The number of nitrogens with one attached hydrogen (secondary N) is 2. The fourth-order valence-corrected chi connectivity index (χ4v) is 4.00. The van der Waals surface area contributed by atoms with Crippen LogP contribution in [0.5, 0.6) is 11.5 Å². The van der Waals surface area contributed by atoms with Gasteiger partial charge in [-0.2, -0.15) is 4.72 Å². The van der Waals surface area contributed by atoms with E-state index in [4.69, 9.17) is 14.7 Å². The molecule has 1 atom stereocenters. The molecule has 1 amide bonds. The van der Waals surface area contributed by atoms with Crippen LogP contribution in [0, 0.1) is 5.82 Å². The molecule has 0 bridgehead atoms. The van der Waals surface area contributed by atoms with Gasteiger partial charge in [0.15, 0.2) is 0 Å². The quantitative estimate of drug-likeness (QED) is 0.504. The van der Waals surface area contributed by atoms with Crippen LogP contribution in [0.3, 0.4) is 0 Å². The van der Waals surface area contributed by atoms with Crippen LogP contribution in [-0.4, -0.2) is 38.3 Å². The summed E-state index contributed by atoms with van der Waals surface area (Å²) in [7, 11) is -4.06. The Bertz CT molecular complexity index is 909. The molecule has 1 saturated heterocycles. The van der Waals surface area contributed by atoms with Crippen LogP contribution >= 0.6 is 0 Å². The largest absolute Gasteiger partial charge is 0.457 e. The van der Waals surface area contributed by atoms with Gasteiger partial charge in [-0.3, -0.25) is 10.0 Å². The minimum atomic E-state index is -4.06. The van der Waals surface area contributed by atoms with Gasteiger partial charge in [-0.25, -0.2) is 18.3 Å². The van der Waals surface area contributed by atoms with Crippen LogP contribution in [0.15, 0.2) is 53.4 Å². The molecular weight excluding hydrogens is 379 g/mol. The van der Waals surface area contributed by atoms with Gasteiger partial charge >= 0.3 is 0 Å². The van der Waals surface area contributed by atoms with Crippen molar-refractivity contribution < 1.29 is 32.3 Å². The lowest BCUT2D eigenvalue weighted by Crippen LogP contribution is -2.58. The van der Waals surface area contributed by atoms with Gasteiger partial charge in [0.25, 0.3) is 5.91 Å². The summed E-state index contributed by atoms with van der Waals surface area (Å²) in [6, 6.07) is 10.9. The second kappa shape index (κ2) is 7.61. The SMILES string of the molecule is O=C(NO)[C@]1(NS(=O)(=O)c2ccc(Oc3ccc(F)cc3)cc2)CCOC1. The van der Waals surface area contributed by atoms with E-state index < -0.39 is 27.3 Å². The van der Waals surface area contributed by atoms with Crippen molar-refractivity contribution >= 4 is 15.9 Å². The first-order chi connectivity index (χ1) is 12.8. The number of rotatable bonds is 6. The van der Waals surface area contributed by atoms with E-state index in [-0.39, 0.29) is 24.5 Å². The van der Waals surface area contributed by atoms with E-state index in [0.717, 1.165) is 0 Å². The fraction of sp³-hybridized carbons (Fsp3) is 0.235. The number of benzene rings is 2. The van der Waals surface area contributed by atoms with Gasteiger partial charge in [0.05, 0.1) is 11.5 Å². The van der Waals surface area contributed by atoms with Crippen LogP contribution in [0.4, 0.5) is 4.39 Å². The lowest BCUT2D eigenvalue weighted by molar-refractivity contribution is -0.135. The molecule has 27 heavy (non-hydrogen) atoms. The van der Waals surface area contributed by atoms with Crippen molar-refractivity contribution in [2.45, 2.75) is 16.9 Å². The highest BCUT2D eigenvalue weighted by Crippen LogP contribution is 2.25. The van der Waals surface area contributed by atoms with Crippen LogP contribution in [-0.2, 0) is 19.6 Å². The Balaban J connectivity index is 1.77. The van der Waals surface area contributed by atoms with E-state index in [1.54, 1.807) is 0 Å². The normalized spacial score (nSPS) is 19.6. The van der Waals surface area contributed by atoms with Crippen molar-refractivity contribution in [3.63, 3.8) is 0 Å². The third kappa shape index (κ3) is 4.25. The summed E-state index contributed by atoms with van der Waals surface area (Å²) in [6.07, 6.45) is 0.0877. The molecule has 0 spiro atoms. The van der Waals surface area contributed by atoms with Crippen molar-refractivity contribution in [2.75, 3.05) is 13.2 Å². The Morgan fingerprint density at radius 2 is 1.70 bits per heavy atom. The van der Waals surface area contributed by atoms with E-state index in [1.807, 2.05) is 0 Å². The fourth-order valence-electron chi connectivity index (χ4n) is 2.62. The average molecular weight is 396 g/mol. The number of halogens is 1. The van der Waals surface area contributed by atoms with Crippen molar-refractivity contribution in [2.24, 2.45) is 0 Å². The first kappa shape index (κ1) is 19.2. The summed E-state index contributed by atoms with van der Waals surface area (Å²) in [5, 5.41) is 8.89. The summed E-state index contributed by atoms with van der Waals surface area (Å²) >= 11 is 0. The zero-order valence-corrected chi connectivity index (χ0v) is 14.8. The number of hydrogen-bond donors (Lipinski definition) is 3. The molecule has 144 valence electrons. The van der Waals surface area contributed by atoms with Crippen LogP contribution in [0.25, 0.3) is 0 Å². The lowest BCUT2D eigenvalue weighted by atomic mass is 10.00. The highest BCUT2D eigenvalue weighted by molar-refractivity contribution is 7.89. The molecule has 0 saturated carbocycles. The lowest BCUT2D eigenvalue weighted by Gasteiger charge is -2.25. The van der Waals surface area contributed by atoms with Crippen molar-refractivity contribution in [1.82, 2.24) is 10.2 Å². The van der Waals surface area contributed by atoms with E-state index in [9.17, 15) is 17.6 Å². The Morgan fingerprint density at radius 3 is 2.22 bits per heavy atom. The topological polar surface area (TPSA) is 114 Å². The number of amides is 1. The van der Waals surface area contributed by atoms with Gasteiger partial charge in [0.2, 0.25) is 10.0 Å². The standard InChI is InChI=1S/C17H17FN2O6S/c18-12-1-3-13(4-2-12)26-14-5-7-15(8-6-14)27(23,24)20-17(16(21)19-22)9-10-25-11-17/h1-8,20,22H,9-11H2,(H,19,21)/t17-/m0/s1. The molecular formula is C17H17FN2O6S. The summed E-state index contributed by atoms with van der Waals surface area (Å²) in [5.41, 5.74) is -0.103. The monoisotopic (exact) mass is 396 g/mol. The van der Waals surface area contributed by atoms with Gasteiger partial charge in [-0.1, -0.05) is 0 Å². The summed E-state index contributed by atoms with van der Waals surface area (Å²) in [5.74, 6) is -0.536. The number of carbonyl (C=O) groups is 1. The number of ether oxygens (including phenoxy) is 2. The third-order valence-electron chi connectivity index (χ3n) is 4.07. The predicted octanol–water partition coefficient (Wildman–Crippen LogP) is 1.56. The molecule has 10 heteroatoms. The molecule has 3 N–H and O–H groups in total. The number of hydroxylamine groups is 1. The highest BCUT2D eigenvalue weighted by Gasteiger charge is 2.45. The molecule has 2 aromatic carbocycles. The second-order valence-electron chi connectivity index (χ2n) is 5.96. The molecule has 8 nitrogen and oxygen atoms in total. The summed E-state index contributed by atoms with van der Waals surface area (Å²) < 4.78 is 51.1. The molecule has 2 aromatic rings. The summed E-state index contributed by atoms with van der Waals surface area (Å²) in [6.45, 7) is -0.00915. The van der Waals surface area contributed by atoms with Gasteiger partial charge < -0.3 is 9.47 Å². The van der Waals surface area contributed by atoms with Gasteiger partial charge in [-0.05, 0) is 48.5 Å². The smallest absolute Gasteiger partial charge is 0.267 e. The Morgan fingerprint density at radius 1 is 1.11 bits per heavy atom. The maximum Gasteiger partial charge on any atom is 0.267 e. The molecule has 0 aliphatic carbocycles. The summed E-state index contributed by atoms with van der Waals surface area (Å²) in [4.78, 5) is 11.8. The average Bonchev–Trinajstić information content (AvgIpc) is 3.12. The molecule has 1 fully saturated rings. The minimum absolute atomic E-state index is 0.0877. The van der Waals surface area contributed by atoms with E-state index in [0.29, 0.717) is 11.5 Å². The third-order valence-corrected chi connectivity index (χ3v) is 5.62. The van der Waals surface area contributed by atoms with E-state index >= 15 is 0 Å². The molecule has 3 rings (SSSR count).